The van der Waals surface area contributed by atoms with E-state index in [1.165, 1.54) is 12.8 Å². The minimum Gasteiger partial charge on any atom is -0.354 e. The summed E-state index contributed by atoms with van der Waals surface area (Å²) in [5.74, 6) is 1.70. The molecule has 1 amide bonds. The highest BCUT2D eigenvalue weighted by Crippen LogP contribution is 2.15. The molecule has 0 atom stereocenters. The lowest BCUT2D eigenvalue weighted by Gasteiger charge is -2.32. The van der Waals surface area contributed by atoms with Crippen molar-refractivity contribution in [2.75, 3.05) is 33.2 Å². The van der Waals surface area contributed by atoms with Gasteiger partial charge in [0.2, 0.25) is 0 Å². The predicted octanol–water partition coefficient (Wildman–Crippen LogP) is 2.34. The van der Waals surface area contributed by atoms with Crippen LogP contribution in [0.5, 0.6) is 0 Å². The second-order valence-corrected chi connectivity index (χ2v) is 5.77. The van der Waals surface area contributed by atoms with Crippen molar-refractivity contribution in [3.63, 3.8) is 0 Å². The quantitative estimate of drug-likeness (QED) is 0.334. The zero-order valence-corrected chi connectivity index (χ0v) is 16.2. The average Bonchev–Trinajstić information content (AvgIpc) is 2.56. The molecule has 1 aliphatic rings. The van der Waals surface area contributed by atoms with Crippen molar-refractivity contribution in [2.45, 2.75) is 19.8 Å². The third-order valence-electron chi connectivity index (χ3n) is 4.02. The SMILES string of the molecule is CN=C(NCCNC(=O)c1ccccc1)N1CCC(C)CC1.I. The van der Waals surface area contributed by atoms with Gasteiger partial charge >= 0.3 is 0 Å². The van der Waals surface area contributed by atoms with Crippen LogP contribution >= 0.6 is 24.0 Å². The molecule has 1 fully saturated rings. The van der Waals surface area contributed by atoms with E-state index >= 15 is 0 Å². The number of piperidine rings is 1. The number of carbonyl (C=O) groups excluding carboxylic acids is 1. The number of benzene rings is 1. The fourth-order valence-corrected chi connectivity index (χ4v) is 2.59. The number of hydrogen-bond acceptors (Lipinski definition) is 2. The Morgan fingerprint density at radius 2 is 1.78 bits per heavy atom. The Balaban J connectivity index is 0.00000264. The summed E-state index contributed by atoms with van der Waals surface area (Å²) in [4.78, 5) is 18.5. The summed E-state index contributed by atoms with van der Waals surface area (Å²) >= 11 is 0. The maximum absolute atomic E-state index is 11.9. The van der Waals surface area contributed by atoms with Gasteiger partial charge in [-0.05, 0) is 30.9 Å². The van der Waals surface area contributed by atoms with Gasteiger partial charge in [-0.1, -0.05) is 25.1 Å². The number of aliphatic imine (C=N–C) groups is 1. The van der Waals surface area contributed by atoms with Gasteiger partial charge in [-0.3, -0.25) is 9.79 Å². The van der Waals surface area contributed by atoms with Gasteiger partial charge < -0.3 is 15.5 Å². The number of rotatable bonds is 4. The van der Waals surface area contributed by atoms with Crippen molar-refractivity contribution in [1.29, 1.82) is 0 Å². The van der Waals surface area contributed by atoms with Crippen LogP contribution in [0, 0.1) is 5.92 Å². The molecule has 5 nitrogen and oxygen atoms in total. The van der Waals surface area contributed by atoms with Crippen molar-refractivity contribution in [2.24, 2.45) is 10.9 Å². The Morgan fingerprint density at radius 1 is 1.17 bits per heavy atom. The lowest BCUT2D eigenvalue weighted by molar-refractivity contribution is 0.0954. The van der Waals surface area contributed by atoms with Crippen molar-refractivity contribution in [3.8, 4) is 0 Å². The largest absolute Gasteiger partial charge is 0.354 e. The molecule has 0 aromatic heterocycles. The molecule has 1 aromatic rings. The molecule has 0 bridgehead atoms. The smallest absolute Gasteiger partial charge is 0.251 e. The van der Waals surface area contributed by atoms with Crippen LogP contribution in [-0.4, -0.2) is 50.0 Å². The van der Waals surface area contributed by atoms with Crippen LogP contribution in [0.4, 0.5) is 0 Å². The Labute approximate surface area is 156 Å². The lowest BCUT2D eigenvalue weighted by atomic mass is 10.00. The van der Waals surface area contributed by atoms with E-state index in [2.05, 4.69) is 27.4 Å². The molecule has 1 saturated heterocycles. The maximum Gasteiger partial charge on any atom is 0.251 e. The molecule has 0 saturated carbocycles. The van der Waals surface area contributed by atoms with Gasteiger partial charge in [0.05, 0.1) is 0 Å². The number of amides is 1. The van der Waals surface area contributed by atoms with Gasteiger partial charge in [0.25, 0.3) is 5.91 Å². The first-order chi connectivity index (χ1) is 10.7. The van der Waals surface area contributed by atoms with Gasteiger partial charge in [-0.2, -0.15) is 0 Å². The van der Waals surface area contributed by atoms with Crippen molar-refractivity contribution in [1.82, 2.24) is 15.5 Å². The Kier molecular flexibility index (Phi) is 8.98. The molecular formula is C17H27IN4O. The molecule has 1 aliphatic heterocycles. The van der Waals surface area contributed by atoms with Gasteiger partial charge in [-0.15, -0.1) is 24.0 Å². The molecule has 2 N–H and O–H groups in total. The molecule has 0 spiro atoms. The number of halogens is 1. The fraction of sp³-hybridized carbons (Fsp3) is 0.529. The molecule has 1 heterocycles. The second kappa shape index (κ2) is 10.5. The summed E-state index contributed by atoms with van der Waals surface area (Å²) in [5, 5.41) is 6.24. The van der Waals surface area contributed by atoms with E-state index < -0.39 is 0 Å². The third-order valence-corrected chi connectivity index (χ3v) is 4.02. The highest BCUT2D eigenvalue weighted by molar-refractivity contribution is 14.0. The van der Waals surface area contributed by atoms with Crippen LogP contribution in [0.3, 0.4) is 0 Å². The number of hydrogen-bond donors (Lipinski definition) is 2. The van der Waals surface area contributed by atoms with Crippen molar-refractivity contribution >= 4 is 35.8 Å². The summed E-state index contributed by atoms with van der Waals surface area (Å²) in [6, 6.07) is 9.27. The monoisotopic (exact) mass is 430 g/mol. The Bertz CT molecular complexity index is 499. The zero-order valence-electron chi connectivity index (χ0n) is 13.9. The normalized spacial score (nSPS) is 15.7. The molecular weight excluding hydrogens is 403 g/mol. The predicted molar refractivity (Wildman–Crippen MR) is 106 cm³/mol. The summed E-state index contributed by atoms with van der Waals surface area (Å²) < 4.78 is 0. The fourth-order valence-electron chi connectivity index (χ4n) is 2.59. The van der Waals surface area contributed by atoms with E-state index in [9.17, 15) is 4.79 Å². The van der Waals surface area contributed by atoms with E-state index in [1.807, 2.05) is 37.4 Å². The summed E-state index contributed by atoms with van der Waals surface area (Å²) in [6.07, 6.45) is 2.43. The number of carbonyl (C=O) groups is 1. The number of guanidine groups is 1. The van der Waals surface area contributed by atoms with E-state index in [0.29, 0.717) is 18.7 Å². The maximum atomic E-state index is 11.9. The van der Waals surface area contributed by atoms with Crippen LogP contribution < -0.4 is 10.6 Å². The average molecular weight is 430 g/mol. The molecule has 0 unspecified atom stereocenters. The van der Waals surface area contributed by atoms with Gasteiger partial charge in [0.1, 0.15) is 0 Å². The van der Waals surface area contributed by atoms with Gasteiger partial charge in [-0.25, -0.2) is 0 Å². The van der Waals surface area contributed by atoms with Crippen LogP contribution in [0.2, 0.25) is 0 Å². The van der Waals surface area contributed by atoms with Crippen LogP contribution in [0.15, 0.2) is 35.3 Å². The Hall–Kier alpha value is -1.31. The van der Waals surface area contributed by atoms with E-state index in [1.54, 1.807) is 0 Å². The highest BCUT2D eigenvalue weighted by Gasteiger charge is 2.18. The first kappa shape index (κ1) is 19.7. The molecule has 0 radical (unpaired) electrons. The van der Waals surface area contributed by atoms with E-state index in [4.69, 9.17) is 0 Å². The summed E-state index contributed by atoms with van der Waals surface area (Å²) in [5.41, 5.74) is 0.692. The first-order valence-corrected chi connectivity index (χ1v) is 7.99. The van der Waals surface area contributed by atoms with Crippen LogP contribution in [0.1, 0.15) is 30.1 Å². The van der Waals surface area contributed by atoms with Crippen molar-refractivity contribution < 1.29 is 4.79 Å². The van der Waals surface area contributed by atoms with Crippen molar-refractivity contribution in [3.05, 3.63) is 35.9 Å². The van der Waals surface area contributed by atoms with Crippen LogP contribution in [-0.2, 0) is 0 Å². The summed E-state index contributed by atoms with van der Waals surface area (Å²) in [6.45, 7) is 5.66. The second-order valence-electron chi connectivity index (χ2n) is 5.77. The third kappa shape index (κ3) is 6.37. The minimum absolute atomic E-state index is 0. The van der Waals surface area contributed by atoms with Gasteiger partial charge in [0, 0.05) is 38.8 Å². The summed E-state index contributed by atoms with van der Waals surface area (Å²) in [7, 11) is 1.81. The number of nitrogens with one attached hydrogen (secondary N) is 2. The number of likely N-dealkylation sites (tertiary alicyclic amines) is 1. The highest BCUT2D eigenvalue weighted by atomic mass is 127. The molecule has 0 aliphatic carbocycles. The van der Waals surface area contributed by atoms with Gasteiger partial charge in [0.15, 0.2) is 5.96 Å². The lowest BCUT2D eigenvalue weighted by Crippen LogP contribution is -2.47. The molecule has 2 rings (SSSR count). The molecule has 23 heavy (non-hydrogen) atoms. The molecule has 6 heteroatoms. The zero-order chi connectivity index (χ0) is 15.8. The number of nitrogens with zero attached hydrogens (tertiary/aromatic N) is 2. The standard InChI is InChI=1S/C17H26N4O.HI/c1-14-8-12-21(13-9-14)17(18-2)20-11-10-19-16(22)15-6-4-3-5-7-15;/h3-7,14H,8-13H2,1-2H3,(H,18,20)(H,19,22);1H. The van der Waals surface area contributed by atoms with Crippen LogP contribution in [0.25, 0.3) is 0 Å². The van der Waals surface area contributed by atoms with E-state index in [-0.39, 0.29) is 29.9 Å². The minimum atomic E-state index is -0.0378. The topological polar surface area (TPSA) is 56.7 Å². The molecule has 128 valence electrons. The Morgan fingerprint density at radius 3 is 2.39 bits per heavy atom. The first-order valence-electron chi connectivity index (χ1n) is 7.99. The van der Waals surface area contributed by atoms with E-state index in [0.717, 1.165) is 25.0 Å². The molecule has 1 aromatic carbocycles.